The maximum Gasteiger partial charge on any atom is 0.191 e. The van der Waals surface area contributed by atoms with E-state index >= 15 is 0 Å². The van der Waals surface area contributed by atoms with Gasteiger partial charge in [0.05, 0.1) is 18.3 Å². The summed E-state index contributed by atoms with van der Waals surface area (Å²) in [6.07, 6.45) is 2.49. The summed E-state index contributed by atoms with van der Waals surface area (Å²) in [4.78, 5) is 6.80. The van der Waals surface area contributed by atoms with Crippen molar-refractivity contribution in [1.29, 1.82) is 0 Å². The molecule has 7 heteroatoms. The van der Waals surface area contributed by atoms with Crippen molar-refractivity contribution < 1.29 is 8.94 Å². The number of hydrogen-bond donors (Lipinski definition) is 2. The van der Waals surface area contributed by atoms with Gasteiger partial charge in [0.25, 0.3) is 0 Å². The molecule has 3 rings (SSSR count). The van der Waals surface area contributed by atoms with Gasteiger partial charge in [-0.1, -0.05) is 19.0 Å². The van der Waals surface area contributed by atoms with E-state index in [1.807, 2.05) is 19.1 Å². The van der Waals surface area contributed by atoms with Gasteiger partial charge in [0.1, 0.15) is 11.5 Å². The number of nitrogens with one attached hydrogen (secondary N) is 2. The van der Waals surface area contributed by atoms with Gasteiger partial charge in [-0.05, 0) is 50.9 Å². The van der Waals surface area contributed by atoms with Crippen molar-refractivity contribution in [3.63, 3.8) is 0 Å². The van der Waals surface area contributed by atoms with Gasteiger partial charge in [0, 0.05) is 19.7 Å². The van der Waals surface area contributed by atoms with Crippen LogP contribution in [0.15, 0.2) is 32.1 Å². The molecule has 1 saturated heterocycles. The van der Waals surface area contributed by atoms with Crippen LogP contribution in [0.1, 0.15) is 61.6 Å². The fourth-order valence-electron chi connectivity index (χ4n) is 3.36. The summed E-state index contributed by atoms with van der Waals surface area (Å²) < 4.78 is 11.3. The van der Waals surface area contributed by atoms with Gasteiger partial charge in [0.2, 0.25) is 0 Å². The minimum Gasteiger partial charge on any atom is -0.465 e. The first kappa shape index (κ1) is 19.5. The van der Waals surface area contributed by atoms with Gasteiger partial charge >= 0.3 is 0 Å². The van der Waals surface area contributed by atoms with E-state index in [9.17, 15) is 0 Å². The Morgan fingerprint density at radius 2 is 2.04 bits per heavy atom. The van der Waals surface area contributed by atoms with Crippen molar-refractivity contribution in [3.05, 3.63) is 41.2 Å². The second kappa shape index (κ2) is 9.08. The molecule has 1 aliphatic rings. The van der Waals surface area contributed by atoms with Crippen molar-refractivity contribution in [2.75, 3.05) is 26.7 Å². The molecule has 0 amide bonds. The summed E-state index contributed by atoms with van der Waals surface area (Å²) >= 11 is 0. The predicted octanol–water partition coefficient (Wildman–Crippen LogP) is 3.20. The molecule has 0 saturated carbocycles. The topological polar surface area (TPSA) is 78.8 Å². The summed E-state index contributed by atoms with van der Waals surface area (Å²) in [5, 5.41) is 10.8. The highest BCUT2D eigenvalue weighted by Gasteiger charge is 2.26. The molecule has 148 valence electrons. The molecule has 0 spiro atoms. The normalized spacial score (nSPS) is 16.9. The number of hydrogen-bond acceptors (Lipinski definition) is 5. The Balaban J connectivity index is 1.57. The number of aromatic nitrogens is 1. The van der Waals surface area contributed by atoms with Crippen LogP contribution in [0, 0.1) is 6.92 Å². The Morgan fingerprint density at radius 1 is 1.26 bits per heavy atom. The molecule has 0 aliphatic carbocycles. The molecule has 0 radical (unpaired) electrons. The van der Waals surface area contributed by atoms with E-state index in [2.05, 4.69) is 45.6 Å². The molecule has 1 fully saturated rings. The zero-order valence-corrected chi connectivity index (χ0v) is 16.8. The summed E-state index contributed by atoms with van der Waals surface area (Å²) in [7, 11) is 1.77. The van der Waals surface area contributed by atoms with Crippen LogP contribution in [0.3, 0.4) is 0 Å². The largest absolute Gasteiger partial charge is 0.465 e. The van der Waals surface area contributed by atoms with E-state index in [0.29, 0.717) is 12.5 Å². The van der Waals surface area contributed by atoms with E-state index in [-0.39, 0.29) is 6.04 Å². The number of rotatable bonds is 7. The summed E-state index contributed by atoms with van der Waals surface area (Å²) in [5.74, 6) is 3.86. The third-order valence-electron chi connectivity index (χ3n) is 4.96. The average molecular weight is 374 g/mol. The van der Waals surface area contributed by atoms with Crippen molar-refractivity contribution in [2.45, 2.75) is 52.1 Å². The maximum atomic E-state index is 5.91. The Labute approximate surface area is 161 Å². The molecule has 2 aromatic rings. The Kier molecular flexibility index (Phi) is 6.55. The van der Waals surface area contributed by atoms with E-state index in [1.165, 1.54) is 12.8 Å². The van der Waals surface area contributed by atoms with Gasteiger partial charge in [-0.15, -0.1) is 0 Å². The minimum atomic E-state index is 0.206. The standard InChI is InChI=1S/C20H31N5O2/c1-14(2)17-11-16(27-24-17)12-22-20(21-4)23-13-18(25-9-5-6-10-25)19-8-7-15(3)26-19/h7-8,11,14,18H,5-6,9-10,12-13H2,1-4H3,(H2,21,22,23). The summed E-state index contributed by atoms with van der Waals surface area (Å²) in [6.45, 7) is 9.69. The zero-order valence-electron chi connectivity index (χ0n) is 16.8. The Hall–Kier alpha value is -2.28. The smallest absolute Gasteiger partial charge is 0.191 e. The van der Waals surface area contributed by atoms with E-state index in [4.69, 9.17) is 8.94 Å². The van der Waals surface area contributed by atoms with E-state index in [1.54, 1.807) is 7.05 Å². The first-order valence-electron chi connectivity index (χ1n) is 9.77. The van der Waals surface area contributed by atoms with Crippen molar-refractivity contribution in [3.8, 4) is 0 Å². The fourth-order valence-corrected chi connectivity index (χ4v) is 3.36. The molecule has 27 heavy (non-hydrogen) atoms. The molecule has 0 aromatic carbocycles. The monoisotopic (exact) mass is 373 g/mol. The SMILES string of the molecule is CN=C(NCc1cc(C(C)C)no1)NCC(c1ccc(C)o1)N1CCCC1. The van der Waals surface area contributed by atoms with Gasteiger partial charge < -0.3 is 19.6 Å². The van der Waals surface area contributed by atoms with Gasteiger partial charge in [-0.3, -0.25) is 9.89 Å². The minimum absolute atomic E-state index is 0.206. The molecular weight excluding hydrogens is 342 g/mol. The van der Waals surface area contributed by atoms with E-state index < -0.39 is 0 Å². The number of nitrogens with zero attached hydrogens (tertiary/aromatic N) is 3. The quantitative estimate of drug-likeness (QED) is 0.573. The Morgan fingerprint density at radius 3 is 2.63 bits per heavy atom. The number of furan rings is 1. The molecule has 7 nitrogen and oxygen atoms in total. The lowest BCUT2D eigenvalue weighted by molar-refractivity contribution is 0.213. The number of guanidine groups is 1. The predicted molar refractivity (Wildman–Crippen MR) is 106 cm³/mol. The van der Waals surface area contributed by atoms with Crippen LogP contribution in [0.2, 0.25) is 0 Å². The molecule has 2 N–H and O–H groups in total. The first-order chi connectivity index (χ1) is 13.1. The molecule has 2 aromatic heterocycles. The van der Waals surface area contributed by atoms with Crippen LogP contribution in [0.5, 0.6) is 0 Å². The lowest BCUT2D eigenvalue weighted by Gasteiger charge is -2.26. The Bertz CT molecular complexity index is 743. The van der Waals surface area contributed by atoms with Crippen LogP contribution in [-0.2, 0) is 6.54 Å². The molecule has 0 bridgehead atoms. The fraction of sp³-hybridized carbons (Fsp3) is 0.600. The summed E-state index contributed by atoms with van der Waals surface area (Å²) in [5.41, 5.74) is 0.969. The highest BCUT2D eigenvalue weighted by atomic mass is 16.5. The van der Waals surface area contributed by atoms with Gasteiger partial charge in [-0.25, -0.2) is 0 Å². The highest BCUT2D eigenvalue weighted by molar-refractivity contribution is 5.79. The maximum absolute atomic E-state index is 5.91. The van der Waals surface area contributed by atoms with Crippen LogP contribution in [0.25, 0.3) is 0 Å². The van der Waals surface area contributed by atoms with Crippen LogP contribution < -0.4 is 10.6 Å². The average Bonchev–Trinajstić information content (AvgIpc) is 3.40. The number of aryl methyl sites for hydroxylation is 1. The van der Waals surface area contributed by atoms with Crippen molar-refractivity contribution >= 4 is 5.96 Å². The molecular formula is C20H31N5O2. The lowest BCUT2D eigenvalue weighted by atomic mass is 10.1. The van der Waals surface area contributed by atoms with E-state index in [0.717, 1.165) is 48.6 Å². The zero-order chi connectivity index (χ0) is 19.2. The van der Waals surface area contributed by atoms with Gasteiger partial charge in [-0.2, -0.15) is 0 Å². The number of likely N-dealkylation sites (tertiary alicyclic amines) is 1. The second-order valence-corrected chi connectivity index (χ2v) is 7.39. The van der Waals surface area contributed by atoms with Gasteiger partial charge in [0.15, 0.2) is 11.7 Å². The third-order valence-corrected chi connectivity index (χ3v) is 4.96. The molecule has 1 unspecified atom stereocenters. The second-order valence-electron chi connectivity index (χ2n) is 7.39. The highest BCUT2D eigenvalue weighted by Crippen LogP contribution is 2.26. The van der Waals surface area contributed by atoms with Crippen molar-refractivity contribution in [1.82, 2.24) is 20.7 Å². The lowest BCUT2D eigenvalue weighted by Crippen LogP contribution is -2.42. The molecule has 3 heterocycles. The van der Waals surface area contributed by atoms with Crippen LogP contribution in [0.4, 0.5) is 0 Å². The number of aliphatic imine (C=N–C) groups is 1. The molecule has 1 atom stereocenters. The summed E-state index contributed by atoms with van der Waals surface area (Å²) in [6, 6.07) is 6.31. The third kappa shape index (κ3) is 5.13. The van der Waals surface area contributed by atoms with Crippen LogP contribution >= 0.6 is 0 Å². The van der Waals surface area contributed by atoms with Crippen molar-refractivity contribution in [2.24, 2.45) is 4.99 Å². The van der Waals surface area contributed by atoms with Crippen LogP contribution in [-0.4, -0.2) is 42.7 Å². The first-order valence-corrected chi connectivity index (χ1v) is 9.77. The molecule has 1 aliphatic heterocycles.